The Labute approximate surface area is 234 Å². The highest BCUT2D eigenvalue weighted by Gasteiger charge is 2.59. The van der Waals surface area contributed by atoms with Crippen molar-refractivity contribution in [1.29, 1.82) is 0 Å². The third kappa shape index (κ3) is 4.92. The van der Waals surface area contributed by atoms with Gasteiger partial charge >= 0.3 is 6.18 Å². The van der Waals surface area contributed by atoms with Gasteiger partial charge in [-0.2, -0.15) is 18.3 Å². The summed E-state index contributed by atoms with van der Waals surface area (Å²) in [7, 11) is 1.32. The van der Waals surface area contributed by atoms with Crippen LogP contribution in [0.3, 0.4) is 0 Å². The minimum atomic E-state index is -4.92. The molecule has 3 fully saturated rings. The van der Waals surface area contributed by atoms with E-state index in [1.165, 1.54) is 25.2 Å². The Bertz CT molecular complexity index is 1500. The number of rotatable bonds is 6. The summed E-state index contributed by atoms with van der Waals surface area (Å²) in [6.45, 7) is 1.72. The topological polar surface area (TPSA) is 106 Å². The van der Waals surface area contributed by atoms with E-state index >= 15 is 0 Å². The molecule has 6 rings (SSSR count). The van der Waals surface area contributed by atoms with Gasteiger partial charge < -0.3 is 20.5 Å². The molecule has 2 amide bonds. The Balaban J connectivity index is 0.00000323. The van der Waals surface area contributed by atoms with Crippen LogP contribution in [0.4, 0.5) is 27.6 Å². The van der Waals surface area contributed by atoms with Crippen LogP contribution in [0, 0.1) is 11.8 Å². The van der Waals surface area contributed by atoms with Crippen molar-refractivity contribution in [3.63, 3.8) is 0 Å². The molecule has 3 aliphatic rings. The van der Waals surface area contributed by atoms with E-state index in [1.807, 2.05) is 0 Å². The number of nitrogens with zero attached hydrogens (tertiary/aromatic N) is 4. The fourth-order valence-electron chi connectivity index (χ4n) is 5.13. The zero-order chi connectivity index (χ0) is 27.9. The maximum atomic E-state index is 13.7. The van der Waals surface area contributed by atoms with Gasteiger partial charge in [0, 0.05) is 44.5 Å². The zero-order valence-corrected chi connectivity index (χ0v) is 22.2. The van der Waals surface area contributed by atoms with Crippen molar-refractivity contribution in [2.45, 2.75) is 30.6 Å². The lowest BCUT2D eigenvalue weighted by atomic mass is 10.2. The van der Waals surface area contributed by atoms with E-state index in [-0.39, 0.29) is 52.1 Å². The molecule has 2 aromatic heterocycles. The van der Waals surface area contributed by atoms with Crippen molar-refractivity contribution < 1.29 is 31.5 Å². The maximum Gasteiger partial charge on any atom is 0.435 e. The molecule has 16 heteroatoms. The van der Waals surface area contributed by atoms with Crippen LogP contribution < -0.4 is 16.0 Å². The number of alkyl halides is 5. The Morgan fingerprint density at radius 2 is 1.85 bits per heavy atom. The number of imidazole rings is 1. The predicted octanol–water partition coefficient (Wildman–Crippen LogP) is 4.16. The summed E-state index contributed by atoms with van der Waals surface area (Å²) in [6, 6.07) is 2.97. The minimum absolute atomic E-state index is 0. The number of hydrogen-bond acceptors (Lipinski definition) is 5. The molecule has 0 radical (unpaired) electrons. The van der Waals surface area contributed by atoms with Gasteiger partial charge in [-0.05, 0) is 30.0 Å². The summed E-state index contributed by atoms with van der Waals surface area (Å²) < 4.78 is 69.6. The van der Waals surface area contributed by atoms with Crippen molar-refractivity contribution in [3.05, 3.63) is 52.7 Å². The first-order valence-electron chi connectivity index (χ1n) is 12.0. The first-order valence-corrected chi connectivity index (χ1v) is 12.4. The van der Waals surface area contributed by atoms with Crippen LogP contribution in [0.2, 0.25) is 5.02 Å². The van der Waals surface area contributed by atoms with E-state index in [1.54, 1.807) is 0 Å². The second-order valence-corrected chi connectivity index (χ2v) is 10.4. The number of benzene rings is 1. The number of fused-ring (bicyclic) bond motifs is 1. The average molecular weight is 606 g/mol. The molecule has 9 nitrogen and oxygen atoms in total. The fraction of sp³-hybridized carbons (Fsp3) is 0.417. The molecule has 3 aromatic rings. The molecule has 0 spiro atoms. The molecule has 0 bridgehead atoms. The lowest BCUT2D eigenvalue weighted by molar-refractivity contribution is -0.141. The fourth-order valence-corrected chi connectivity index (χ4v) is 5.40. The minimum Gasteiger partial charge on any atom is -0.349 e. The molecule has 3 N–H and O–H groups in total. The smallest absolute Gasteiger partial charge is 0.349 e. The summed E-state index contributed by atoms with van der Waals surface area (Å²) in [5.74, 6) is -3.61. The van der Waals surface area contributed by atoms with Crippen LogP contribution in [0.1, 0.15) is 39.1 Å². The number of nitrogens with one attached hydrogen (secondary N) is 3. The lowest BCUT2D eigenvalue weighted by Gasteiger charge is -2.11. The number of anilines is 1. The van der Waals surface area contributed by atoms with Gasteiger partial charge in [0.2, 0.25) is 0 Å². The van der Waals surface area contributed by atoms with Crippen LogP contribution in [-0.2, 0) is 13.2 Å². The number of hydrogen-bond donors (Lipinski definition) is 3. The summed E-state index contributed by atoms with van der Waals surface area (Å²) >= 11 is 6.29. The number of halogens is 7. The standard InChI is InChI=1S/C24H21ClF5N7O2.ClH/c1-36-16(14-9-37(17-5-23(17,26)27)35-19(14)24(28,29)30)8-32-20(36)22(39)33-10-2-3-11(15(25)4-10)21(38)34-18-12-6-31-7-13(12)18;/h2-4,8-9,12-13,17-18,31H,5-7H2,1H3,(H,33,39)(H,34,38);1H/t12-,13+,17-,18?;/m1./s1. The number of aromatic nitrogens is 4. The number of carbonyl (C=O) groups excluding carboxylic acids is 2. The molecule has 1 saturated heterocycles. The third-order valence-electron chi connectivity index (χ3n) is 7.44. The Morgan fingerprint density at radius 3 is 2.45 bits per heavy atom. The normalized spacial score (nSPS) is 24.2. The number of piperidine rings is 1. The number of carbonyl (C=O) groups is 2. The molecule has 1 unspecified atom stereocenters. The van der Waals surface area contributed by atoms with Crippen LogP contribution in [-0.4, -0.2) is 56.2 Å². The largest absolute Gasteiger partial charge is 0.435 e. The first kappa shape index (κ1) is 28.3. The average Bonchev–Trinajstić information content (AvgIpc) is 3.38. The second-order valence-electron chi connectivity index (χ2n) is 10.0. The lowest BCUT2D eigenvalue weighted by Crippen LogP contribution is -2.32. The predicted molar refractivity (Wildman–Crippen MR) is 136 cm³/mol. The van der Waals surface area contributed by atoms with Crippen LogP contribution in [0.15, 0.2) is 30.6 Å². The van der Waals surface area contributed by atoms with E-state index in [2.05, 4.69) is 26.0 Å². The molecule has 4 atom stereocenters. The van der Waals surface area contributed by atoms with Gasteiger partial charge in [0.25, 0.3) is 17.7 Å². The van der Waals surface area contributed by atoms with Crippen molar-refractivity contribution in [1.82, 2.24) is 30.0 Å². The molecule has 40 heavy (non-hydrogen) atoms. The highest BCUT2D eigenvalue weighted by atomic mass is 35.5. The molecule has 2 aliphatic carbocycles. The Hall–Kier alpha value is -3.23. The van der Waals surface area contributed by atoms with Crippen LogP contribution in [0.25, 0.3) is 11.3 Å². The molecular formula is C24H22Cl2F5N7O2. The van der Waals surface area contributed by atoms with Crippen LogP contribution in [0.5, 0.6) is 0 Å². The molecular weight excluding hydrogens is 584 g/mol. The zero-order valence-electron chi connectivity index (χ0n) is 20.6. The van der Waals surface area contributed by atoms with Gasteiger partial charge in [-0.1, -0.05) is 11.6 Å². The summed E-state index contributed by atoms with van der Waals surface area (Å²) in [5.41, 5.74) is -1.49. The Morgan fingerprint density at radius 1 is 1.18 bits per heavy atom. The highest BCUT2D eigenvalue weighted by Crippen LogP contribution is 2.53. The van der Waals surface area contributed by atoms with Crippen molar-refractivity contribution in [2.24, 2.45) is 18.9 Å². The van der Waals surface area contributed by atoms with E-state index in [0.29, 0.717) is 16.5 Å². The van der Waals surface area contributed by atoms with Gasteiger partial charge in [0.05, 0.1) is 28.0 Å². The van der Waals surface area contributed by atoms with Crippen molar-refractivity contribution in [2.75, 3.05) is 18.4 Å². The quantitative estimate of drug-likeness (QED) is 0.366. The monoisotopic (exact) mass is 605 g/mol. The van der Waals surface area contributed by atoms with E-state index in [9.17, 15) is 31.5 Å². The molecule has 1 aliphatic heterocycles. The van der Waals surface area contributed by atoms with Gasteiger partial charge in [0.1, 0.15) is 6.04 Å². The van der Waals surface area contributed by atoms with E-state index in [4.69, 9.17) is 11.6 Å². The summed E-state index contributed by atoms with van der Waals surface area (Å²) in [5, 5.41) is 12.2. The van der Waals surface area contributed by atoms with Crippen molar-refractivity contribution in [3.8, 4) is 11.3 Å². The van der Waals surface area contributed by atoms with Gasteiger partial charge in [0.15, 0.2) is 11.5 Å². The molecule has 3 heterocycles. The van der Waals surface area contributed by atoms with E-state index in [0.717, 1.165) is 30.1 Å². The SMILES string of the molecule is Cl.Cn1c(-c2cn([C@@H]3CC3(F)F)nc2C(F)(F)F)cnc1C(=O)Nc1ccc(C(=O)NC2[C@H]3CNC[C@@H]23)c(Cl)c1. The highest BCUT2D eigenvalue weighted by molar-refractivity contribution is 6.34. The second kappa shape index (κ2) is 9.70. The van der Waals surface area contributed by atoms with Gasteiger partial charge in [-0.3, -0.25) is 14.3 Å². The van der Waals surface area contributed by atoms with E-state index < -0.39 is 41.7 Å². The van der Waals surface area contributed by atoms with Gasteiger partial charge in [-0.15, -0.1) is 12.4 Å². The first-order chi connectivity index (χ1) is 18.3. The maximum absolute atomic E-state index is 13.7. The molecule has 1 aromatic carbocycles. The molecule has 214 valence electrons. The van der Waals surface area contributed by atoms with Gasteiger partial charge in [-0.25, -0.2) is 13.8 Å². The summed E-state index contributed by atoms with van der Waals surface area (Å²) in [6.07, 6.45) is -3.59. The number of amides is 2. The summed E-state index contributed by atoms with van der Waals surface area (Å²) in [4.78, 5) is 29.5. The van der Waals surface area contributed by atoms with Crippen molar-refractivity contribution >= 4 is 41.5 Å². The molecule has 2 saturated carbocycles. The van der Waals surface area contributed by atoms with Crippen LogP contribution >= 0.6 is 24.0 Å². The third-order valence-corrected chi connectivity index (χ3v) is 7.75. The Kier molecular flexibility index (Phi) is 6.86.